The van der Waals surface area contributed by atoms with E-state index in [9.17, 15) is 5.26 Å². The van der Waals surface area contributed by atoms with Gasteiger partial charge in [-0.3, -0.25) is 0 Å². The Morgan fingerprint density at radius 2 is 1.97 bits per heavy atom. The van der Waals surface area contributed by atoms with Crippen molar-refractivity contribution >= 4 is 23.0 Å². The first-order valence-electron chi connectivity index (χ1n) is 9.60. The van der Waals surface area contributed by atoms with Gasteiger partial charge in [-0.2, -0.15) is 5.26 Å². The van der Waals surface area contributed by atoms with E-state index in [4.69, 9.17) is 9.47 Å². The summed E-state index contributed by atoms with van der Waals surface area (Å²) in [5.74, 6) is 1.37. The highest BCUT2D eigenvalue weighted by Crippen LogP contribution is 2.31. The number of unbranched alkanes of at least 4 members (excludes halogenated alkanes) is 1. The number of aryl methyl sites for hydroxylation is 1. The Labute approximate surface area is 176 Å². The molecule has 5 heteroatoms. The summed E-state index contributed by atoms with van der Waals surface area (Å²) in [4.78, 5) is 4.67. The molecule has 3 aromatic rings. The van der Waals surface area contributed by atoms with Crippen LogP contribution >= 0.6 is 11.3 Å². The van der Waals surface area contributed by atoms with Crippen molar-refractivity contribution in [3.63, 3.8) is 0 Å². The minimum absolute atomic E-state index is 0.526. The Balaban J connectivity index is 1.87. The number of hydrogen-bond acceptors (Lipinski definition) is 5. The van der Waals surface area contributed by atoms with Gasteiger partial charge in [0.15, 0.2) is 11.5 Å². The maximum Gasteiger partial charge on any atom is 0.161 e. The van der Waals surface area contributed by atoms with Crippen LogP contribution in [0.25, 0.3) is 22.9 Å². The zero-order valence-corrected chi connectivity index (χ0v) is 17.8. The van der Waals surface area contributed by atoms with Gasteiger partial charge in [-0.25, -0.2) is 4.98 Å². The van der Waals surface area contributed by atoms with Crippen LogP contribution in [0.2, 0.25) is 0 Å². The van der Waals surface area contributed by atoms with Gasteiger partial charge >= 0.3 is 0 Å². The zero-order chi connectivity index (χ0) is 20.6. The number of methoxy groups -OCH3 is 1. The van der Waals surface area contributed by atoms with E-state index in [-0.39, 0.29) is 0 Å². The van der Waals surface area contributed by atoms with Gasteiger partial charge in [0, 0.05) is 10.9 Å². The van der Waals surface area contributed by atoms with Crippen LogP contribution in [0.4, 0.5) is 0 Å². The molecule has 1 aromatic heterocycles. The van der Waals surface area contributed by atoms with Crippen molar-refractivity contribution in [1.29, 1.82) is 5.26 Å². The van der Waals surface area contributed by atoms with Crippen molar-refractivity contribution < 1.29 is 9.47 Å². The molecular weight excluding hydrogens is 380 g/mol. The number of nitrogens with zero attached hydrogens (tertiary/aromatic N) is 2. The molecule has 148 valence electrons. The van der Waals surface area contributed by atoms with Gasteiger partial charge in [0.2, 0.25) is 0 Å². The van der Waals surface area contributed by atoms with Crippen molar-refractivity contribution in [2.75, 3.05) is 13.7 Å². The molecule has 0 unspecified atom stereocenters. The third-order valence-electron chi connectivity index (χ3n) is 4.46. The lowest BCUT2D eigenvalue weighted by atomic mass is 10.1. The molecule has 2 aromatic carbocycles. The third kappa shape index (κ3) is 5.24. The van der Waals surface area contributed by atoms with E-state index in [1.54, 1.807) is 7.11 Å². The predicted molar refractivity (Wildman–Crippen MR) is 119 cm³/mol. The second-order valence-corrected chi connectivity index (χ2v) is 7.54. The fourth-order valence-corrected chi connectivity index (χ4v) is 3.58. The Morgan fingerprint density at radius 3 is 2.66 bits per heavy atom. The highest BCUT2D eigenvalue weighted by atomic mass is 32.1. The molecule has 4 nitrogen and oxygen atoms in total. The van der Waals surface area contributed by atoms with Gasteiger partial charge in [0.1, 0.15) is 11.1 Å². The van der Waals surface area contributed by atoms with Gasteiger partial charge < -0.3 is 9.47 Å². The molecule has 0 aliphatic rings. The van der Waals surface area contributed by atoms with Crippen LogP contribution in [0.15, 0.2) is 47.8 Å². The highest BCUT2D eigenvalue weighted by Gasteiger charge is 2.11. The summed E-state index contributed by atoms with van der Waals surface area (Å²) in [7, 11) is 1.63. The molecule has 0 saturated carbocycles. The largest absolute Gasteiger partial charge is 0.493 e. The molecule has 3 rings (SSSR count). The molecule has 0 atom stereocenters. The summed E-state index contributed by atoms with van der Waals surface area (Å²) in [5, 5.41) is 12.4. The lowest BCUT2D eigenvalue weighted by Gasteiger charge is -2.11. The fraction of sp³-hybridized carbons (Fsp3) is 0.250. The number of ether oxygens (including phenoxy) is 2. The average Bonchev–Trinajstić information content (AvgIpc) is 3.23. The quantitative estimate of drug-likeness (QED) is 0.323. The van der Waals surface area contributed by atoms with Gasteiger partial charge in [-0.15, -0.1) is 11.3 Å². The molecule has 0 saturated heterocycles. The SMILES string of the molecule is CCCCOc1cc(/C=C(\C#N)c2nc(-c3ccc(C)cc3)cs2)ccc1OC. The maximum absolute atomic E-state index is 9.69. The topological polar surface area (TPSA) is 55.1 Å². The fourth-order valence-electron chi connectivity index (χ4n) is 2.79. The van der Waals surface area contributed by atoms with Crippen molar-refractivity contribution in [1.82, 2.24) is 4.98 Å². The van der Waals surface area contributed by atoms with Crippen molar-refractivity contribution in [3.05, 3.63) is 64.0 Å². The van der Waals surface area contributed by atoms with E-state index in [0.29, 0.717) is 28.7 Å². The van der Waals surface area contributed by atoms with Gasteiger partial charge in [0.05, 0.1) is 25.0 Å². The molecular formula is C24H24N2O2S. The standard InChI is InChI=1S/C24H24N2O2S/c1-4-5-12-28-23-14-18(8-11-22(23)27-3)13-20(15-25)24-26-21(16-29-24)19-9-6-17(2)7-10-19/h6-11,13-14,16H,4-5,12H2,1-3H3/b20-13+. The summed E-state index contributed by atoms with van der Waals surface area (Å²) in [5.41, 5.74) is 4.54. The zero-order valence-electron chi connectivity index (χ0n) is 16.9. The molecule has 1 heterocycles. The van der Waals surface area contributed by atoms with E-state index in [2.05, 4.69) is 37.0 Å². The molecule has 0 amide bonds. The van der Waals surface area contributed by atoms with Gasteiger partial charge in [-0.05, 0) is 37.1 Å². The summed E-state index contributed by atoms with van der Waals surface area (Å²) in [6.07, 6.45) is 3.88. The maximum atomic E-state index is 9.69. The highest BCUT2D eigenvalue weighted by molar-refractivity contribution is 7.11. The minimum atomic E-state index is 0.526. The van der Waals surface area contributed by atoms with Gasteiger partial charge in [0.25, 0.3) is 0 Å². The predicted octanol–water partition coefficient (Wildman–Crippen LogP) is 6.37. The number of hydrogen-bond donors (Lipinski definition) is 0. The minimum Gasteiger partial charge on any atom is -0.493 e. The Hall–Kier alpha value is -3.10. The van der Waals surface area contributed by atoms with Crippen LogP contribution in [0.5, 0.6) is 11.5 Å². The summed E-state index contributed by atoms with van der Waals surface area (Å²) in [6, 6.07) is 16.2. The number of thiazole rings is 1. The second-order valence-electron chi connectivity index (χ2n) is 6.69. The van der Waals surface area contributed by atoms with E-state index in [1.165, 1.54) is 16.9 Å². The number of allylic oxidation sites excluding steroid dienone is 1. The molecule has 0 bridgehead atoms. The van der Waals surface area contributed by atoms with Crippen LogP contribution in [0, 0.1) is 18.3 Å². The molecule has 0 radical (unpaired) electrons. The number of benzene rings is 2. The van der Waals surface area contributed by atoms with E-state index < -0.39 is 0 Å². The van der Waals surface area contributed by atoms with Crippen molar-refractivity contribution in [3.8, 4) is 28.8 Å². The first-order chi connectivity index (χ1) is 14.1. The van der Waals surface area contributed by atoms with Crippen LogP contribution in [-0.2, 0) is 0 Å². The average molecular weight is 405 g/mol. The smallest absolute Gasteiger partial charge is 0.161 e. The van der Waals surface area contributed by atoms with E-state index in [1.807, 2.05) is 41.8 Å². The van der Waals surface area contributed by atoms with Crippen molar-refractivity contribution in [2.45, 2.75) is 26.7 Å². The Morgan fingerprint density at radius 1 is 1.17 bits per heavy atom. The molecule has 0 fully saturated rings. The molecule has 0 aliphatic heterocycles. The summed E-state index contributed by atoms with van der Waals surface area (Å²) >= 11 is 1.47. The van der Waals surface area contributed by atoms with Crippen LogP contribution in [0.1, 0.15) is 35.9 Å². The monoisotopic (exact) mass is 404 g/mol. The van der Waals surface area contributed by atoms with Crippen LogP contribution in [0.3, 0.4) is 0 Å². The summed E-state index contributed by atoms with van der Waals surface area (Å²) < 4.78 is 11.2. The molecule has 0 spiro atoms. The first kappa shape index (κ1) is 20.6. The lowest BCUT2D eigenvalue weighted by Crippen LogP contribution is -1.99. The van der Waals surface area contributed by atoms with Crippen LogP contribution < -0.4 is 9.47 Å². The summed E-state index contributed by atoms with van der Waals surface area (Å²) in [6.45, 7) is 4.82. The van der Waals surface area contributed by atoms with Crippen molar-refractivity contribution in [2.24, 2.45) is 0 Å². The Kier molecular flexibility index (Phi) is 7.04. The number of rotatable bonds is 8. The van der Waals surface area contributed by atoms with Crippen LogP contribution in [-0.4, -0.2) is 18.7 Å². The Bertz CT molecular complexity index is 1030. The third-order valence-corrected chi connectivity index (χ3v) is 5.33. The normalized spacial score (nSPS) is 11.2. The lowest BCUT2D eigenvalue weighted by molar-refractivity contribution is 0.288. The second kappa shape index (κ2) is 9.90. The molecule has 29 heavy (non-hydrogen) atoms. The van der Waals surface area contributed by atoms with E-state index in [0.717, 1.165) is 29.7 Å². The molecule has 0 N–H and O–H groups in total. The number of aromatic nitrogens is 1. The molecule has 0 aliphatic carbocycles. The number of nitriles is 1. The first-order valence-corrected chi connectivity index (χ1v) is 10.5. The van der Waals surface area contributed by atoms with Gasteiger partial charge in [-0.1, -0.05) is 49.2 Å². The van der Waals surface area contributed by atoms with E-state index >= 15 is 0 Å².